The highest BCUT2D eigenvalue weighted by atomic mass is 16.5. The number of carbonyl (C=O) groups excluding carboxylic acids is 4. The van der Waals surface area contributed by atoms with Crippen molar-refractivity contribution in [2.75, 3.05) is 55.6 Å². The van der Waals surface area contributed by atoms with Crippen LogP contribution in [0.25, 0.3) is 0 Å². The molecule has 58 heavy (non-hydrogen) atoms. The van der Waals surface area contributed by atoms with Gasteiger partial charge in [-0.2, -0.15) is 5.26 Å². The number of carbonyl (C=O) groups is 4. The van der Waals surface area contributed by atoms with Gasteiger partial charge in [0.05, 0.1) is 11.6 Å². The SMILES string of the molecule is Cc1cc(OC2C(C)(C)C(NC(=O)c3ccc(N4CCC(CN5CCN(c6ccc(C(=O)NC7CCC(=O)NC7=O)cc6)CC5)CC4)nn3)C2(C)C)cc(C)c1C#N. The summed E-state index contributed by atoms with van der Waals surface area (Å²) in [5.41, 5.74) is 3.58. The lowest BCUT2D eigenvalue weighted by Crippen LogP contribution is -2.74. The zero-order chi connectivity index (χ0) is 41.4. The maximum absolute atomic E-state index is 13.4. The van der Waals surface area contributed by atoms with Gasteiger partial charge in [-0.1, -0.05) is 27.7 Å². The lowest BCUT2D eigenvalue weighted by Gasteiger charge is -2.63. The molecule has 4 fully saturated rings. The third-order valence-electron chi connectivity index (χ3n) is 12.7. The van der Waals surface area contributed by atoms with E-state index in [1.165, 1.54) is 0 Å². The Morgan fingerprint density at radius 2 is 1.50 bits per heavy atom. The van der Waals surface area contributed by atoms with Gasteiger partial charge in [0.2, 0.25) is 11.8 Å². The van der Waals surface area contributed by atoms with Gasteiger partial charge in [-0.15, -0.1) is 10.2 Å². The summed E-state index contributed by atoms with van der Waals surface area (Å²) in [5.74, 6) is 0.766. The standard InChI is InChI=1S/C44H55N9O5/c1-27-23-32(24-28(2)33(27)25-45)58-42-43(3,4)41(44(42,5)6)48-40(57)35-11-13-36(50-49-35)53-17-15-29(16-18-53)26-51-19-21-52(22-20-51)31-9-7-30(8-10-31)38(55)46-34-12-14-37(54)47-39(34)56/h7-11,13,23-24,29,34,41-42H,12,14-22,26H2,1-6H3,(H,46,55)(H,48,57)(H,47,54,56). The lowest BCUT2D eigenvalue weighted by atomic mass is 9.49. The van der Waals surface area contributed by atoms with Gasteiger partial charge in [-0.05, 0) is 98.7 Å². The largest absolute Gasteiger partial charge is 0.489 e. The monoisotopic (exact) mass is 789 g/mol. The molecule has 3 aliphatic heterocycles. The van der Waals surface area contributed by atoms with Crippen LogP contribution in [0.2, 0.25) is 0 Å². The highest BCUT2D eigenvalue weighted by Gasteiger charge is 2.64. The predicted molar refractivity (Wildman–Crippen MR) is 220 cm³/mol. The van der Waals surface area contributed by atoms with E-state index < -0.39 is 11.9 Å². The number of hydrogen-bond donors (Lipinski definition) is 3. The maximum atomic E-state index is 13.4. The number of ether oxygens (including phenoxy) is 1. The van der Waals surface area contributed by atoms with Crippen LogP contribution in [0.5, 0.6) is 5.75 Å². The second-order valence-corrected chi connectivity index (χ2v) is 17.6. The molecule has 4 aliphatic rings. The molecule has 0 spiro atoms. The second-order valence-electron chi connectivity index (χ2n) is 17.6. The highest BCUT2D eigenvalue weighted by Crippen LogP contribution is 2.55. The molecule has 4 heterocycles. The molecule has 1 saturated carbocycles. The quantitative estimate of drug-likeness (QED) is 0.252. The molecule has 1 atom stereocenters. The van der Waals surface area contributed by atoms with E-state index in [1.54, 1.807) is 18.2 Å². The highest BCUT2D eigenvalue weighted by molar-refractivity contribution is 6.03. The molecule has 1 aromatic heterocycles. The van der Waals surface area contributed by atoms with Crippen LogP contribution < -0.4 is 30.5 Å². The number of piperidine rings is 2. The van der Waals surface area contributed by atoms with Crippen molar-refractivity contribution in [3.8, 4) is 11.8 Å². The molecule has 0 radical (unpaired) electrons. The minimum absolute atomic E-state index is 0.150. The van der Waals surface area contributed by atoms with Gasteiger partial charge in [-0.3, -0.25) is 29.4 Å². The Hall–Kier alpha value is -5.55. The molecule has 3 saturated heterocycles. The zero-order valence-corrected chi connectivity index (χ0v) is 34.4. The third-order valence-corrected chi connectivity index (χ3v) is 12.7. The van der Waals surface area contributed by atoms with E-state index in [4.69, 9.17) is 4.74 Å². The lowest BCUT2D eigenvalue weighted by molar-refractivity contribution is -0.164. The number of hydrogen-bond acceptors (Lipinski definition) is 11. The summed E-state index contributed by atoms with van der Waals surface area (Å²) in [4.78, 5) is 56.7. The number of aromatic nitrogens is 2. The number of rotatable bonds is 10. The fourth-order valence-corrected chi connectivity index (χ4v) is 9.72. The van der Waals surface area contributed by atoms with E-state index in [-0.39, 0.29) is 47.1 Å². The number of piperazine rings is 1. The van der Waals surface area contributed by atoms with E-state index >= 15 is 0 Å². The topological polar surface area (TPSA) is 173 Å². The molecular formula is C44H55N9O5. The summed E-state index contributed by atoms with van der Waals surface area (Å²) in [6, 6.07) is 16.4. The molecule has 0 bridgehead atoms. The molecular weight excluding hydrogens is 735 g/mol. The molecule has 3 aromatic rings. The van der Waals surface area contributed by atoms with Crippen LogP contribution in [0.4, 0.5) is 11.5 Å². The Bertz CT molecular complexity index is 2040. The molecule has 4 amide bonds. The molecule has 7 rings (SSSR count). The minimum atomic E-state index is -0.696. The van der Waals surface area contributed by atoms with Gasteiger partial charge in [0, 0.05) is 80.4 Å². The van der Waals surface area contributed by atoms with Gasteiger partial charge >= 0.3 is 0 Å². The summed E-state index contributed by atoms with van der Waals surface area (Å²) in [6.07, 6.45) is 2.49. The van der Waals surface area contributed by atoms with Crippen molar-refractivity contribution in [1.82, 2.24) is 31.0 Å². The first-order chi connectivity index (χ1) is 27.6. The number of amides is 4. The predicted octanol–water partition coefficient (Wildman–Crippen LogP) is 4.15. The van der Waals surface area contributed by atoms with Crippen LogP contribution in [-0.4, -0.2) is 103 Å². The molecule has 2 aromatic carbocycles. The number of aryl methyl sites for hydroxylation is 2. The van der Waals surface area contributed by atoms with E-state index in [0.717, 1.165) is 87.0 Å². The van der Waals surface area contributed by atoms with Crippen molar-refractivity contribution in [3.05, 3.63) is 76.5 Å². The Morgan fingerprint density at radius 3 is 2.09 bits per heavy atom. The summed E-state index contributed by atoms with van der Waals surface area (Å²) >= 11 is 0. The summed E-state index contributed by atoms with van der Waals surface area (Å²) in [5, 5.41) is 26.5. The Balaban J connectivity index is 0.837. The molecule has 3 N–H and O–H groups in total. The fraction of sp³-hybridized carbons (Fsp3) is 0.523. The number of nitriles is 1. The van der Waals surface area contributed by atoms with Crippen molar-refractivity contribution < 1.29 is 23.9 Å². The maximum Gasteiger partial charge on any atom is 0.272 e. The zero-order valence-electron chi connectivity index (χ0n) is 34.4. The van der Waals surface area contributed by atoms with E-state index in [9.17, 15) is 24.4 Å². The fourth-order valence-electron chi connectivity index (χ4n) is 9.72. The van der Waals surface area contributed by atoms with E-state index in [1.807, 2.05) is 44.2 Å². The first-order valence-corrected chi connectivity index (χ1v) is 20.4. The van der Waals surface area contributed by atoms with Crippen molar-refractivity contribution in [3.63, 3.8) is 0 Å². The van der Waals surface area contributed by atoms with Crippen LogP contribution in [0.1, 0.15) is 90.9 Å². The normalized spacial score (nSPS) is 23.3. The molecule has 1 aliphatic carbocycles. The molecule has 306 valence electrons. The van der Waals surface area contributed by atoms with Gasteiger partial charge in [-0.25, -0.2) is 0 Å². The van der Waals surface area contributed by atoms with Gasteiger partial charge in [0.1, 0.15) is 17.9 Å². The second kappa shape index (κ2) is 16.4. The van der Waals surface area contributed by atoms with Crippen LogP contribution in [0.3, 0.4) is 0 Å². The van der Waals surface area contributed by atoms with Crippen LogP contribution in [0.15, 0.2) is 48.5 Å². The van der Waals surface area contributed by atoms with Gasteiger partial charge < -0.3 is 25.2 Å². The van der Waals surface area contributed by atoms with Crippen molar-refractivity contribution >= 4 is 35.1 Å². The van der Waals surface area contributed by atoms with Gasteiger partial charge in [0.25, 0.3) is 11.8 Å². The van der Waals surface area contributed by atoms with E-state index in [0.29, 0.717) is 29.2 Å². The van der Waals surface area contributed by atoms with Crippen molar-refractivity contribution in [2.45, 2.75) is 85.4 Å². The van der Waals surface area contributed by atoms with Crippen LogP contribution in [0, 0.1) is 41.9 Å². The van der Waals surface area contributed by atoms with Crippen LogP contribution in [-0.2, 0) is 9.59 Å². The average Bonchev–Trinajstić information content (AvgIpc) is 3.20. The summed E-state index contributed by atoms with van der Waals surface area (Å²) in [7, 11) is 0. The number of benzene rings is 2. The number of anilines is 2. The van der Waals surface area contributed by atoms with Crippen LogP contribution >= 0.6 is 0 Å². The number of nitrogens with one attached hydrogen (secondary N) is 3. The smallest absolute Gasteiger partial charge is 0.272 e. The Morgan fingerprint density at radius 1 is 0.845 bits per heavy atom. The van der Waals surface area contributed by atoms with Crippen molar-refractivity contribution in [2.24, 2.45) is 16.7 Å². The first kappa shape index (κ1) is 40.6. The molecule has 14 nitrogen and oxygen atoms in total. The molecule has 1 unspecified atom stereocenters. The average molecular weight is 790 g/mol. The van der Waals surface area contributed by atoms with E-state index in [2.05, 4.69) is 74.6 Å². The van der Waals surface area contributed by atoms with Crippen molar-refractivity contribution in [1.29, 1.82) is 5.26 Å². The Kier molecular flexibility index (Phi) is 11.5. The summed E-state index contributed by atoms with van der Waals surface area (Å²) < 4.78 is 6.52. The minimum Gasteiger partial charge on any atom is -0.489 e. The Labute approximate surface area is 340 Å². The molecule has 14 heteroatoms. The number of imide groups is 1. The summed E-state index contributed by atoms with van der Waals surface area (Å²) in [6.45, 7) is 18.8. The number of nitrogens with zero attached hydrogens (tertiary/aromatic N) is 6. The first-order valence-electron chi connectivity index (χ1n) is 20.4. The third kappa shape index (κ3) is 8.36. The van der Waals surface area contributed by atoms with Gasteiger partial charge in [0.15, 0.2) is 11.5 Å².